The molecule has 0 bridgehead atoms. The van der Waals surface area contributed by atoms with Gasteiger partial charge in [0.2, 0.25) is 0 Å². The number of aromatic nitrogens is 1. The second kappa shape index (κ2) is 7.62. The van der Waals surface area contributed by atoms with Crippen LogP contribution in [0.3, 0.4) is 0 Å². The van der Waals surface area contributed by atoms with E-state index in [0.717, 1.165) is 42.9 Å². The van der Waals surface area contributed by atoms with Crippen molar-refractivity contribution in [3.8, 4) is 0 Å². The third kappa shape index (κ3) is 4.20. The van der Waals surface area contributed by atoms with Gasteiger partial charge in [0, 0.05) is 30.7 Å². The van der Waals surface area contributed by atoms with Crippen LogP contribution < -0.4 is 5.32 Å². The molecule has 2 rings (SSSR count). The van der Waals surface area contributed by atoms with Crippen LogP contribution in [0.1, 0.15) is 43.5 Å². The van der Waals surface area contributed by atoms with Crippen LogP contribution >= 0.6 is 11.3 Å². The molecule has 20 heavy (non-hydrogen) atoms. The molecule has 0 aromatic carbocycles. The van der Waals surface area contributed by atoms with Gasteiger partial charge in [0.15, 0.2) is 5.96 Å². The van der Waals surface area contributed by atoms with E-state index in [1.54, 1.807) is 11.3 Å². The van der Waals surface area contributed by atoms with E-state index in [9.17, 15) is 0 Å². The molecule has 1 aliphatic rings. The van der Waals surface area contributed by atoms with Crippen LogP contribution in [0.5, 0.6) is 0 Å². The highest BCUT2D eigenvalue weighted by Crippen LogP contribution is 2.17. The molecule has 0 atom stereocenters. The molecular weight excluding hydrogens is 268 g/mol. The first-order valence-electron chi connectivity index (χ1n) is 7.69. The Hall–Kier alpha value is -1.10. The Morgan fingerprint density at radius 2 is 2.20 bits per heavy atom. The van der Waals surface area contributed by atoms with Crippen LogP contribution in [0.4, 0.5) is 0 Å². The molecule has 0 spiro atoms. The molecule has 5 heteroatoms. The van der Waals surface area contributed by atoms with E-state index in [1.807, 2.05) is 6.20 Å². The summed E-state index contributed by atoms with van der Waals surface area (Å²) in [6.07, 6.45) is 5.57. The maximum Gasteiger partial charge on any atom is 0.194 e. The average molecular weight is 294 g/mol. The Kier molecular flexibility index (Phi) is 5.83. The maximum absolute atomic E-state index is 4.76. The van der Waals surface area contributed by atoms with E-state index in [-0.39, 0.29) is 0 Å². The topological polar surface area (TPSA) is 40.5 Å². The zero-order valence-corrected chi connectivity index (χ0v) is 13.7. The first-order chi connectivity index (χ1) is 9.72. The van der Waals surface area contributed by atoms with Crippen molar-refractivity contribution in [3.05, 3.63) is 16.1 Å². The highest BCUT2D eigenvalue weighted by atomic mass is 32.1. The molecular formula is C15H26N4S. The number of nitrogens with one attached hydrogen (secondary N) is 1. The smallest absolute Gasteiger partial charge is 0.194 e. The molecule has 0 unspecified atom stereocenters. The number of hydrogen-bond acceptors (Lipinski definition) is 3. The lowest BCUT2D eigenvalue weighted by Gasteiger charge is -2.32. The van der Waals surface area contributed by atoms with Crippen LogP contribution in [-0.2, 0) is 13.0 Å². The summed E-state index contributed by atoms with van der Waals surface area (Å²) in [4.78, 5) is 12.9. The second-order valence-corrected chi connectivity index (χ2v) is 6.61. The van der Waals surface area contributed by atoms with Gasteiger partial charge in [-0.2, -0.15) is 0 Å². The second-order valence-electron chi connectivity index (χ2n) is 5.41. The van der Waals surface area contributed by atoms with Gasteiger partial charge in [0.25, 0.3) is 0 Å². The highest BCUT2D eigenvalue weighted by Gasteiger charge is 2.18. The molecule has 1 N–H and O–H groups in total. The summed E-state index contributed by atoms with van der Waals surface area (Å²) in [7, 11) is 0. The minimum atomic E-state index is 0.694. The zero-order valence-electron chi connectivity index (χ0n) is 12.9. The lowest BCUT2D eigenvalue weighted by molar-refractivity contribution is 0.273. The van der Waals surface area contributed by atoms with E-state index in [2.05, 4.69) is 36.0 Å². The lowest BCUT2D eigenvalue weighted by Crippen LogP contribution is -2.45. The number of guanidine groups is 1. The molecule has 1 saturated heterocycles. The van der Waals surface area contributed by atoms with E-state index < -0.39 is 0 Å². The number of aliphatic imine (C=N–C) groups is 1. The van der Waals surface area contributed by atoms with Crippen molar-refractivity contribution in [2.24, 2.45) is 10.9 Å². The maximum atomic E-state index is 4.76. The van der Waals surface area contributed by atoms with Gasteiger partial charge in [-0.3, -0.25) is 0 Å². The van der Waals surface area contributed by atoms with Crippen molar-refractivity contribution >= 4 is 17.3 Å². The Bertz CT molecular complexity index is 433. The average Bonchev–Trinajstić information content (AvgIpc) is 2.92. The zero-order chi connectivity index (χ0) is 14.4. The number of piperidine rings is 1. The minimum Gasteiger partial charge on any atom is -0.357 e. The fourth-order valence-electron chi connectivity index (χ4n) is 2.37. The molecule has 1 fully saturated rings. The predicted molar refractivity (Wildman–Crippen MR) is 86.3 cm³/mol. The summed E-state index contributed by atoms with van der Waals surface area (Å²) in [6, 6.07) is 0. The molecule has 1 aromatic rings. The molecule has 112 valence electrons. The number of likely N-dealkylation sites (tertiary alicyclic amines) is 1. The largest absolute Gasteiger partial charge is 0.357 e. The van der Waals surface area contributed by atoms with E-state index in [0.29, 0.717) is 6.54 Å². The summed E-state index contributed by atoms with van der Waals surface area (Å²) in [5.74, 6) is 1.90. The van der Waals surface area contributed by atoms with Crippen LogP contribution in [0.2, 0.25) is 0 Å². The van der Waals surface area contributed by atoms with Gasteiger partial charge in [0.05, 0.1) is 6.54 Å². The van der Waals surface area contributed by atoms with Gasteiger partial charge < -0.3 is 10.2 Å². The van der Waals surface area contributed by atoms with Crippen LogP contribution in [0.15, 0.2) is 11.2 Å². The van der Waals surface area contributed by atoms with Crippen molar-refractivity contribution < 1.29 is 0 Å². The summed E-state index contributed by atoms with van der Waals surface area (Å²) in [6.45, 7) is 10.5. The SMILES string of the molecule is CCNC(=NCc1ncc(CC)s1)N1CCC(C)CC1. The summed E-state index contributed by atoms with van der Waals surface area (Å²) in [5.41, 5.74) is 0. The minimum absolute atomic E-state index is 0.694. The molecule has 0 amide bonds. The van der Waals surface area contributed by atoms with Crippen molar-refractivity contribution in [2.45, 2.75) is 46.6 Å². The Morgan fingerprint density at radius 3 is 2.80 bits per heavy atom. The first kappa shape index (κ1) is 15.3. The van der Waals surface area contributed by atoms with Crippen molar-refractivity contribution in [1.29, 1.82) is 0 Å². The monoisotopic (exact) mass is 294 g/mol. The fraction of sp³-hybridized carbons (Fsp3) is 0.733. The third-order valence-electron chi connectivity index (χ3n) is 3.73. The van der Waals surface area contributed by atoms with Crippen molar-refractivity contribution in [3.63, 3.8) is 0 Å². The molecule has 0 radical (unpaired) electrons. The molecule has 1 aliphatic heterocycles. The standard InChI is InChI=1S/C15H26N4S/c1-4-13-10-17-14(20-13)11-18-15(16-5-2)19-8-6-12(3)7-9-19/h10,12H,4-9,11H2,1-3H3,(H,16,18). The van der Waals surface area contributed by atoms with Gasteiger partial charge in [-0.25, -0.2) is 9.98 Å². The third-order valence-corrected chi connectivity index (χ3v) is 4.86. The summed E-state index contributed by atoms with van der Waals surface area (Å²) >= 11 is 1.78. The predicted octanol–water partition coefficient (Wildman–Crippen LogP) is 2.90. The number of aryl methyl sites for hydroxylation is 1. The highest BCUT2D eigenvalue weighted by molar-refractivity contribution is 7.11. The van der Waals surface area contributed by atoms with Gasteiger partial charge in [-0.05, 0) is 32.1 Å². The van der Waals surface area contributed by atoms with Gasteiger partial charge in [0.1, 0.15) is 5.01 Å². The quantitative estimate of drug-likeness (QED) is 0.685. The van der Waals surface area contributed by atoms with E-state index in [4.69, 9.17) is 4.99 Å². The van der Waals surface area contributed by atoms with Gasteiger partial charge in [-0.15, -0.1) is 11.3 Å². The van der Waals surface area contributed by atoms with Gasteiger partial charge in [-0.1, -0.05) is 13.8 Å². The molecule has 0 aliphatic carbocycles. The van der Waals surface area contributed by atoms with Crippen LogP contribution in [0.25, 0.3) is 0 Å². The van der Waals surface area contributed by atoms with Crippen LogP contribution in [-0.4, -0.2) is 35.5 Å². The number of hydrogen-bond donors (Lipinski definition) is 1. The Labute approximate surface area is 126 Å². The molecule has 4 nitrogen and oxygen atoms in total. The normalized spacial score (nSPS) is 17.6. The van der Waals surface area contributed by atoms with Crippen molar-refractivity contribution in [2.75, 3.05) is 19.6 Å². The van der Waals surface area contributed by atoms with E-state index in [1.165, 1.54) is 17.7 Å². The molecule has 1 aromatic heterocycles. The summed E-state index contributed by atoms with van der Waals surface area (Å²) in [5, 5.41) is 4.52. The number of thiazole rings is 1. The van der Waals surface area contributed by atoms with Gasteiger partial charge >= 0.3 is 0 Å². The lowest BCUT2D eigenvalue weighted by atomic mass is 10.00. The number of rotatable bonds is 4. The molecule has 0 saturated carbocycles. The van der Waals surface area contributed by atoms with Crippen molar-refractivity contribution in [1.82, 2.24) is 15.2 Å². The fourth-order valence-corrected chi connectivity index (χ4v) is 3.16. The van der Waals surface area contributed by atoms with Crippen LogP contribution in [0, 0.1) is 5.92 Å². The first-order valence-corrected chi connectivity index (χ1v) is 8.51. The van der Waals surface area contributed by atoms with E-state index >= 15 is 0 Å². The summed E-state index contributed by atoms with van der Waals surface area (Å²) < 4.78 is 0. The Morgan fingerprint density at radius 1 is 1.45 bits per heavy atom. The molecule has 2 heterocycles. The Balaban J connectivity index is 1.97. The number of nitrogens with zero attached hydrogens (tertiary/aromatic N) is 3.